The molecule has 0 aromatic carbocycles. The molecule has 2 nitrogen and oxygen atoms in total. The Morgan fingerprint density at radius 2 is 1.92 bits per heavy atom. The predicted molar refractivity (Wildman–Crippen MR) is 44.7 cm³/mol. The molecule has 0 aromatic heterocycles. The van der Waals surface area contributed by atoms with Gasteiger partial charge in [-0.1, -0.05) is 6.92 Å². The fraction of sp³-hybridized carbons (Fsp3) is 0.800. The highest BCUT2D eigenvalue weighted by molar-refractivity contribution is 5.86. The average molecular weight is 166 g/mol. The zero-order valence-corrected chi connectivity index (χ0v) is 7.43. The van der Waals surface area contributed by atoms with Crippen molar-refractivity contribution in [3.05, 3.63) is 0 Å². The summed E-state index contributed by atoms with van der Waals surface area (Å²) in [7, 11) is 0. The Hall–Kier alpha value is -0.660. The Morgan fingerprint density at radius 1 is 1.25 bits per heavy atom. The first kappa shape index (κ1) is 7.96. The van der Waals surface area contributed by atoms with E-state index in [4.69, 9.17) is 0 Å². The quantitative estimate of drug-likeness (QED) is 0.549. The fourth-order valence-electron chi connectivity index (χ4n) is 2.60. The van der Waals surface area contributed by atoms with Gasteiger partial charge in [-0.15, -0.1) is 0 Å². The van der Waals surface area contributed by atoms with Gasteiger partial charge in [0.2, 0.25) is 0 Å². The van der Waals surface area contributed by atoms with E-state index < -0.39 is 0 Å². The minimum atomic E-state index is 0.172. The Labute approximate surface area is 72.3 Å². The zero-order valence-electron chi connectivity index (χ0n) is 7.43. The second-order valence-electron chi connectivity index (χ2n) is 4.51. The molecule has 0 spiro atoms. The Kier molecular flexibility index (Phi) is 1.60. The standard InChI is InChI=1S/C10H14O2/c1-10-3-2-8(11)4-7(10)5-9(12)6-10/h7H,2-6H2,1H3. The van der Waals surface area contributed by atoms with Crippen molar-refractivity contribution in [2.75, 3.05) is 0 Å². The molecule has 2 aliphatic carbocycles. The molecule has 66 valence electrons. The molecule has 0 aliphatic heterocycles. The van der Waals surface area contributed by atoms with E-state index in [1.54, 1.807) is 0 Å². The molecule has 2 unspecified atom stereocenters. The Bertz CT molecular complexity index is 244. The highest BCUT2D eigenvalue weighted by Crippen LogP contribution is 2.49. The summed E-state index contributed by atoms with van der Waals surface area (Å²) in [6, 6.07) is 0. The van der Waals surface area contributed by atoms with Crippen LogP contribution in [0.5, 0.6) is 0 Å². The van der Waals surface area contributed by atoms with Gasteiger partial charge in [-0.25, -0.2) is 0 Å². The van der Waals surface area contributed by atoms with Crippen LogP contribution in [0.25, 0.3) is 0 Å². The number of carbonyl (C=O) groups excluding carboxylic acids is 2. The number of rotatable bonds is 0. The lowest BCUT2D eigenvalue weighted by Gasteiger charge is -2.34. The van der Waals surface area contributed by atoms with Crippen LogP contribution in [0.1, 0.15) is 39.0 Å². The van der Waals surface area contributed by atoms with Gasteiger partial charge in [0.15, 0.2) is 0 Å². The minimum absolute atomic E-state index is 0.172. The molecule has 0 radical (unpaired) electrons. The van der Waals surface area contributed by atoms with Crippen LogP contribution >= 0.6 is 0 Å². The summed E-state index contributed by atoms with van der Waals surface area (Å²) in [4.78, 5) is 22.4. The van der Waals surface area contributed by atoms with Gasteiger partial charge in [-0.3, -0.25) is 9.59 Å². The predicted octanol–water partition coefficient (Wildman–Crippen LogP) is 1.72. The molecule has 2 saturated carbocycles. The van der Waals surface area contributed by atoms with Gasteiger partial charge in [-0.2, -0.15) is 0 Å². The van der Waals surface area contributed by atoms with E-state index in [0.717, 1.165) is 6.42 Å². The fourth-order valence-corrected chi connectivity index (χ4v) is 2.60. The summed E-state index contributed by atoms with van der Waals surface area (Å²) in [5, 5.41) is 0. The molecule has 12 heavy (non-hydrogen) atoms. The third-order valence-corrected chi connectivity index (χ3v) is 3.51. The molecule has 2 atom stereocenters. The molecule has 0 amide bonds. The minimum Gasteiger partial charge on any atom is -0.300 e. The smallest absolute Gasteiger partial charge is 0.133 e. The lowest BCUT2D eigenvalue weighted by atomic mass is 9.69. The molecule has 2 aliphatic rings. The topological polar surface area (TPSA) is 34.1 Å². The van der Waals surface area contributed by atoms with Crippen molar-refractivity contribution < 1.29 is 9.59 Å². The number of hydrogen-bond acceptors (Lipinski definition) is 2. The van der Waals surface area contributed by atoms with E-state index in [2.05, 4.69) is 6.92 Å². The van der Waals surface area contributed by atoms with Gasteiger partial charge in [-0.05, 0) is 17.8 Å². The Balaban J connectivity index is 2.20. The van der Waals surface area contributed by atoms with Crippen LogP contribution in [0.15, 0.2) is 0 Å². The van der Waals surface area contributed by atoms with Crippen molar-refractivity contribution in [1.82, 2.24) is 0 Å². The number of fused-ring (bicyclic) bond motifs is 1. The van der Waals surface area contributed by atoms with Crippen molar-refractivity contribution in [2.24, 2.45) is 11.3 Å². The van der Waals surface area contributed by atoms with Crippen LogP contribution in [0.2, 0.25) is 0 Å². The van der Waals surface area contributed by atoms with E-state index in [-0.39, 0.29) is 5.41 Å². The van der Waals surface area contributed by atoms with E-state index in [0.29, 0.717) is 43.2 Å². The van der Waals surface area contributed by atoms with Gasteiger partial charge in [0.05, 0.1) is 0 Å². The van der Waals surface area contributed by atoms with E-state index in [1.807, 2.05) is 0 Å². The monoisotopic (exact) mass is 166 g/mol. The maximum atomic E-state index is 11.2. The highest BCUT2D eigenvalue weighted by Gasteiger charge is 2.46. The second kappa shape index (κ2) is 2.41. The molecule has 2 heteroatoms. The normalized spacial score (nSPS) is 41.6. The summed E-state index contributed by atoms with van der Waals surface area (Å²) in [6.07, 6.45) is 3.65. The van der Waals surface area contributed by atoms with E-state index >= 15 is 0 Å². The van der Waals surface area contributed by atoms with Crippen molar-refractivity contribution >= 4 is 11.6 Å². The molecule has 2 fully saturated rings. The van der Waals surface area contributed by atoms with Gasteiger partial charge < -0.3 is 0 Å². The Morgan fingerprint density at radius 3 is 2.67 bits per heavy atom. The maximum Gasteiger partial charge on any atom is 0.133 e. The van der Waals surface area contributed by atoms with Crippen LogP contribution < -0.4 is 0 Å². The van der Waals surface area contributed by atoms with Crippen LogP contribution in [0, 0.1) is 11.3 Å². The van der Waals surface area contributed by atoms with Gasteiger partial charge in [0.25, 0.3) is 0 Å². The first-order chi connectivity index (χ1) is 5.60. The second-order valence-corrected chi connectivity index (χ2v) is 4.51. The largest absolute Gasteiger partial charge is 0.300 e. The number of carbonyl (C=O) groups is 2. The van der Waals surface area contributed by atoms with Crippen LogP contribution in [-0.4, -0.2) is 11.6 Å². The first-order valence-electron chi connectivity index (χ1n) is 4.63. The molecule has 0 aromatic rings. The SMILES string of the molecule is CC12CCC(=O)CC1CC(=O)C2. The van der Waals surface area contributed by atoms with Gasteiger partial charge >= 0.3 is 0 Å². The number of hydrogen-bond donors (Lipinski definition) is 0. The molecule has 2 rings (SSSR count). The summed E-state index contributed by atoms with van der Waals surface area (Å²) >= 11 is 0. The maximum absolute atomic E-state index is 11.2. The van der Waals surface area contributed by atoms with Crippen LogP contribution in [0.3, 0.4) is 0 Å². The highest BCUT2D eigenvalue weighted by atomic mass is 16.1. The third kappa shape index (κ3) is 1.10. The summed E-state index contributed by atoms with van der Waals surface area (Å²) in [5.74, 6) is 1.08. The van der Waals surface area contributed by atoms with Crippen molar-refractivity contribution in [3.63, 3.8) is 0 Å². The lowest BCUT2D eigenvalue weighted by Crippen LogP contribution is -2.29. The van der Waals surface area contributed by atoms with Crippen molar-refractivity contribution in [3.8, 4) is 0 Å². The van der Waals surface area contributed by atoms with E-state index in [1.165, 1.54) is 0 Å². The van der Waals surface area contributed by atoms with Crippen LogP contribution in [-0.2, 0) is 9.59 Å². The molecule has 0 saturated heterocycles. The van der Waals surface area contributed by atoms with Gasteiger partial charge in [0.1, 0.15) is 11.6 Å². The lowest BCUT2D eigenvalue weighted by molar-refractivity contribution is -0.124. The number of ketones is 2. The van der Waals surface area contributed by atoms with Crippen LogP contribution in [0.4, 0.5) is 0 Å². The molecular weight excluding hydrogens is 152 g/mol. The number of Topliss-reactive ketones (excluding diaryl/α,β-unsaturated/α-hetero) is 2. The molecule has 0 bridgehead atoms. The molecule has 0 N–H and O–H groups in total. The average Bonchev–Trinajstić information content (AvgIpc) is 2.24. The zero-order chi connectivity index (χ0) is 8.77. The molecule has 0 heterocycles. The third-order valence-electron chi connectivity index (χ3n) is 3.51. The summed E-state index contributed by atoms with van der Waals surface area (Å²) < 4.78 is 0. The van der Waals surface area contributed by atoms with Crippen molar-refractivity contribution in [1.29, 1.82) is 0 Å². The molecular formula is C10H14O2. The van der Waals surface area contributed by atoms with E-state index in [9.17, 15) is 9.59 Å². The van der Waals surface area contributed by atoms with Gasteiger partial charge in [0, 0.05) is 25.7 Å². The summed E-state index contributed by atoms with van der Waals surface area (Å²) in [5.41, 5.74) is 0.172. The summed E-state index contributed by atoms with van der Waals surface area (Å²) in [6.45, 7) is 2.16. The van der Waals surface area contributed by atoms with Crippen molar-refractivity contribution in [2.45, 2.75) is 39.0 Å². The first-order valence-corrected chi connectivity index (χ1v) is 4.63.